The topological polar surface area (TPSA) is 117 Å². The van der Waals surface area contributed by atoms with Crippen LogP contribution in [0, 0.1) is 5.82 Å². The molecule has 4 aromatic carbocycles. The van der Waals surface area contributed by atoms with E-state index < -0.39 is 34.2 Å². The number of carbonyl (C=O) groups is 2. The van der Waals surface area contributed by atoms with Gasteiger partial charge in [-0.25, -0.2) is 18.2 Å². The number of nitrogens with one attached hydrogen (secondary N) is 2. The second-order valence-corrected chi connectivity index (χ2v) is 11.0. The van der Waals surface area contributed by atoms with Crippen LogP contribution in [0.15, 0.2) is 119 Å². The van der Waals surface area contributed by atoms with E-state index in [2.05, 4.69) is 15.8 Å². The van der Waals surface area contributed by atoms with Crippen LogP contribution in [0.4, 0.5) is 10.1 Å². The summed E-state index contributed by atoms with van der Waals surface area (Å²) in [6.45, 7) is -0.538. The van der Waals surface area contributed by atoms with E-state index in [9.17, 15) is 22.4 Å². The fraction of sp³-hybridized carbons (Fsp3) is 0.129. The Bertz CT molecular complexity index is 1600. The number of hydrogen-bond donors (Lipinski definition) is 2. The molecule has 0 atom stereocenters. The van der Waals surface area contributed by atoms with Gasteiger partial charge in [0.1, 0.15) is 11.6 Å². The van der Waals surface area contributed by atoms with Crippen molar-refractivity contribution in [2.75, 3.05) is 25.0 Å². The lowest BCUT2D eigenvalue weighted by Crippen LogP contribution is -2.40. The van der Waals surface area contributed by atoms with Crippen molar-refractivity contribution in [2.45, 2.75) is 11.3 Å². The monoisotopic (exact) mass is 588 g/mol. The predicted molar refractivity (Wildman–Crippen MR) is 158 cm³/mol. The number of nitrogens with zero attached hydrogens (tertiary/aromatic N) is 2. The summed E-state index contributed by atoms with van der Waals surface area (Å²) in [5, 5.41) is 6.55. The largest absolute Gasteiger partial charge is 0.484 e. The maximum absolute atomic E-state index is 13.3. The van der Waals surface area contributed by atoms with Gasteiger partial charge in [0.05, 0.1) is 17.7 Å². The van der Waals surface area contributed by atoms with E-state index >= 15 is 0 Å². The van der Waals surface area contributed by atoms with Gasteiger partial charge in [-0.3, -0.25) is 9.59 Å². The molecular formula is C31H29FN4O5S. The van der Waals surface area contributed by atoms with Gasteiger partial charge in [0, 0.05) is 12.2 Å². The Morgan fingerprint density at radius 1 is 0.833 bits per heavy atom. The molecule has 0 spiro atoms. The fourth-order valence-electron chi connectivity index (χ4n) is 3.83. The summed E-state index contributed by atoms with van der Waals surface area (Å²) in [5.41, 5.74) is 4.42. The number of ether oxygens (including phenoxy) is 1. The van der Waals surface area contributed by atoms with Crippen molar-refractivity contribution in [3.63, 3.8) is 0 Å². The molecule has 0 saturated heterocycles. The molecule has 0 aliphatic heterocycles. The molecule has 0 heterocycles. The number of amides is 2. The molecule has 0 bridgehead atoms. The van der Waals surface area contributed by atoms with Crippen LogP contribution in [-0.2, 0) is 26.0 Å². The number of hydrogen-bond acceptors (Lipinski definition) is 6. The minimum atomic E-state index is -3.92. The Hall–Kier alpha value is -4.87. The molecule has 0 aliphatic rings. The minimum Gasteiger partial charge on any atom is -0.484 e. The molecule has 11 heteroatoms. The SMILES string of the molecule is O=C(CN(CCc1ccccc1)S(=O)(=O)c1ccccc1)N/N=C/c1ccc(OCC(=O)Nc2ccc(F)cc2)cc1. The zero-order valence-electron chi connectivity index (χ0n) is 22.5. The molecule has 0 aromatic heterocycles. The number of anilines is 1. The van der Waals surface area contributed by atoms with Crippen molar-refractivity contribution >= 4 is 33.7 Å². The van der Waals surface area contributed by atoms with Crippen molar-refractivity contribution in [3.8, 4) is 5.75 Å². The van der Waals surface area contributed by atoms with Gasteiger partial charge in [0.15, 0.2) is 6.61 Å². The number of hydrazone groups is 1. The van der Waals surface area contributed by atoms with Crippen molar-refractivity contribution in [1.29, 1.82) is 0 Å². The van der Waals surface area contributed by atoms with Gasteiger partial charge < -0.3 is 10.1 Å². The third-order valence-electron chi connectivity index (χ3n) is 5.97. The van der Waals surface area contributed by atoms with E-state index in [0.29, 0.717) is 23.4 Å². The van der Waals surface area contributed by atoms with Crippen LogP contribution in [0.5, 0.6) is 5.75 Å². The lowest BCUT2D eigenvalue weighted by molar-refractivity contribution is -0.121. The molecule has 0 saturated carbocycles. The van der Waals surface area contributed by atoms with Gasteiger partial charge in [-0.1, -0.05) is 48.5 Å². The van der Waals surface area contributed by atoms with Crippen LogP contribution < -0.4 is 15.5 Å². The normalized spacial score (nSPS) is 11.4. The fourth-order valence-corrected chi connectivity index (χ4v) is 5.25. The van der Waals surface area contributed by atoms with E-state index in [1.54, 1.807) is 42.5 Å². The predicted octanol–water partition coefficient (Wildman–Crippen LogP) is 4.23. The summed E-state index contributed by atoms with van der Waals surface area (Å²) in [6.07, 6.45) is 1.84. The summed E-state index contributed by atoms with van der Waals surface area (Å²) in [4.78, 5) is 24.8. The average molecular weight is 589 g/mol. The van der Waals surface area contributed by atoms with E-state index in [1.807, 2.05) is 30.3 Å². The van der Waals surface area contributed by atoms with Crippen molar-refractivity contribution in [2.24, 2.45) is 5.10 Å². The quantitative estimate of drug-likeness (QED) is 0.179. The summed E-state index contributed by atoms with van der Waals surface area (Å²) in [5.74, 6) is -0.956. The molecular weight excluding hydrogens is 559 g/mol. The number of carbonyl (C=O) groups excluding carboxylic acids is 2. The van der Waals surface area contributed by atoms with Crippen molar-refractivity contribution in [1.82, 2.24) is 9.73 Å². The number of halogens is 1. The second-order valence-electron chi connectivity index (χ2n) is 9.09. The molecule has 2 amide bonds. The molecule has 4 rings (SSSR count). The van der Waals surface area contributed by atoms with Crippen LogP contribution in [0.1, 0.15) is 11.1 Å². The van der Waals surface area contributed by atoms with E-state index in [-0.39, 0.29) is 18.0 Å². The maximum atomic E-state index is 13.3. The lowest BCUT2D eigenvalue weighted by Gasteiger charge is -2.21. The molecule has 2 N–H and O–H groups in total. The number of sulfonamides is 1. The van der Waals surface area contributed by atoms with E-state index in [1.165, 1.54) is 42.6 Å². The van der Waals surface area contributed by atoms with Gasteiger partial charge in [-0.2, -0.15) is 9.41 Å². The first kappa shape index (κ1) is 30.1. The van der Waals surface area contributed by atoms with Crippen molar-refractivity contribution in [3.05, 3.63) is 126 Å². The van der Waals surface area contributed by atoms with Crippen LogP contribution in [-0.4, -0.2) is 50.4 Å². The van der Waals surface area contributed by atoms with Crippen LogP contribution in [0.25, 0.3) is 0 Å². The molecule has 216 valence electrons. The Kier molecular flexibility index (Phi) is 10.5. The first-order chi connectivity index (χ1) is 20.3. The highest BCUT2D eigenvalue weighted by molar-refractivity contribution is 7.89. The minimum absolute atomic E-state index is 0.101. The van der Waals surface area contributed by atoms with Gasteiger partial charge in [-0.05, 0) is 78.2 Å². The Morgan fingerprint density at radius 2 is 1.48 bits per heavy atom. The van der Waals surface area contributed by atoms with Gasteiger partial charge >= 0.3 is 0 Å². The average Bonchev–Trinajstić information content (AvgIpc) is 3.01. The molecule has 0 radical (unpaired) electrons. The molecule has 9 nitrogen and oxygen atoms in total. The number of benzene rings is 4. The summed E-state index contributed by atoms with van der Waals surface area (Å²) in [6, 6.07) is 29.4. The summed E-state index contributed by atoms with van der Waals surface area (Å²) in [7, 11) is -3.92. The van der Waals surface area contributed by atoms with Gasteiger partial charge in [0.2, 0.25) is 10.0 Å². The highest BCUT2D eigenvalue weighted by atomic mass is 32.2. The highest BCUT2D eigenvalue weighted by Crippen LogP contribution is 2.16. The van der Waals surface area contributed by atoms with Gasteiger partial charge in [-0.15, -0.1) is 0 Å². The van der Waals surface area contributed by atoms with Crippen LogP contribution in [0.2, 0.25) is 0 Å². The third kappa shape index (κ3) is 9.08. The van der Waals surface area contributed by atoms with Crippen molar-refractivity contribution < 1.29 is 27.1 Å². The number of rotatable bonds is 13. The van der Waals surface area contributed by atoms with Gasteiger partial charge in [0.25, 0.3) is 11.8 Å². The first-order valence-corrected chi connectivity index (χ1v) is 14.4. The smallest absolute Gasteiger partial charge is 0.262 e. The second kappa shape index (κ2) is 14.7. The zero-order valence-corrected chi connectivity index (χ0v) is 23.3. The molecule has 42 heavy (non-hydrogen) atoms. The molecule has 4 aromatic rings. The summed E-state index contributed by atoms with van der Waals surface area (Å²) >= 11 is 0. The lowest BCUT2D eigenvalue weighted by atomic mass is 10.1. The molecule has 0 unspecified atom stereocenters. The summed E-state index contributed by atoms with van der Waals surface area (Å²) < 4.78 is 46.1. The Balaban J connectivity index is 1.29. The highest BCUT2D eigenvalue weighted by Gasteiger charge is 2.26. The first-order valence-electron chi connectivity index (χ1n) is 13.0. The van der Waals surface area contributed by atoms with E-state index in [4.69, 9.17) is 4.74 Å². The Labute approximate surface area is 243 Å². The molecule has 0 aliphatic carbocycles. The Morgan fingerprint density at radius 3 is 2.14 bits per heavy atom. The standard InChI is InChI=1S/C31H29FN4O5S/c32-26-13-15-27(16-14-26)34-31(38)23-41-28-17-11-25(12-18-28)21-33-35-30(37)22-36(20-19-24-7-3-1-4-8-24)42(39,40)29-9-5-2-6-10-29/h1-18,21H,19-20,22-23H2,(H,34,38)(H,35,37)/b33-21+. The third-order valence-corrected chi connectivity index (χ3v) is 7.83. The van der Waals surface area contributed by atoms with E-state index in [0.717, 1.165) is 9.87 Å². The molecule has 0 fully saturated rings. The van der Waals surface area contributed by atoms with Crippen LogP contribution >= 0.6 is 0 Å². The van der Waals surface area contributed by atoms with Crippen LogP contribution in [0.3, 0.4) is 0 Å². The zero-order chi connectivity index (χ0) is 29.8. The maximum Gasteiger partial charge on any atom is 0.262 e.